The molecule has 6 nitrogen and oxygen atoms in total. The summed E-state index contributed by atoms with van der Waals surface area (Å²) in [6.07, 6.45) is 5.06. The first kappa shape index (κ1) is 18.5. The molecular weight excluding hydrogens is 374 g/mol. The summed E-state index contributed by atoms with van der Waals surface area (Å²) in [5, 5.41) is 15.7. The number of amides is 2. The number of hydrogen-bond donors (Lipinski definition) is 2. The highest BCUT2D eigenvalue weighted by atomic mass is 32.1. The molecule has 1 atom stereocenters. The molecule has 2 amide bonds. The van der Waals surface area contributed by atoms with Crippen molar-refractivity contribution in [1.29, 1.82) is 5.26 Å². The van der Waals surface area contributed by atoms with E-state index in [0.29, 0.717) is 22.0 Å². The van der Waals surface area contributed by atoms with Gasteiger partial charge in [0.15, 0.2) is 0 Å². The lowest BCUT2D eigenvalue weighted by atomic mass is 10.0. The topological polar surface area (TPSA) is 91.2 Å². The van der Waals surface area contributed by atoms with Gasteiger partial charge in [0.1, 0.15) is 16.8 Å². The van der Waals surface area contributed by atoms with Gasteiger partial charge in [-0.2, -0.15) is 5.26 Å². The van der Waals surface area contributed by atoms with E-state index < -0.39 is 17.4 Å². The van der Waals surface area contributed by atoms with E-state index in [-0.39, 0.29) is 0 Å². The highest BCUT2D eigenvalue weighted by Gasteiger charge is 2.47. The molecule has 0 radical (unpaired) electrons. The van der Waals surface area contributed by atoms with Gasteiger partial charge in [-0.3, -0.25) is 9.59 Å². The summed E-state index contributed by atoms with van der Waals surface area (Å²) >= 11 is 1.44. The Morgan fingerprint density at radius 2 is 2.11 bits per heavy atom. The zero-order valence-corrected chi connectivity index (χ0v) is 16.7. The van der Waals surface area contributed by atoms with Crippen LogP contribution in [0.2, 0.25) is 0 Å². The average Bonchev–Trinajstić information content (AvgIpc) is 2.82. The molecule has 2 aromatic rings. The predicted molar refractivity (Wildman–Crippen MR) is 108 cm³/mol. The number of nitrogens with zero attached hydrogens (tertiary/aromatic N) is 1. The molecule has 2 heterocycles. The fraction of sp³-hybridized carbons (Fsp3) is 0.381. The number of nitrogens with one attached hydrogen (secondary N) is 2. The molecule has 28 heavy (non-hydrogen) atoms. The number of hydrogen-bond acceptors (Lipinski definition) is 5. The van der Waals surface area contributed by atoms with E-state index in [1.807, 2.05) is 13.0 Å². The number of ether oxygens (including phenoxy) is 1. The molecule has 0 saturated heterocycles. The number of anilines is 2. The maximum atomic E-state index is 13.0. The molecule has 144 valence electrons. The lowest BCUT2D eigenvalue weighted by Gasteiger charge is -2.33. The van der Waals surface area contributed by atoms with Crippen LogP contribution in [0.3, 0.4) is 0 Å². The summed E-state index contributed by atoms with van der Waals surface area (Å²) in [4.78, 5) is 26.8. The zero-order chi connectivity index (χ0) is 19.9. The van der Waals surface area contributed by atoms with Crippen LogP contribution < -0.4 is 15.4 Å². The lowest BCUT2D eigenvalue weighted by Crippen LogP contribution is -2.56. The van der Waals surface area contributed by atoms with Gasteiger partial charge in [-0.25, -0.2) is 0 Å². The van der Waals surface area contributed by atoms with E-state index in [1.165, 1.54) is 18.3 Å². The van der Waals surface area contributed by atoms with Crippen LogP contribution in [0.4, 0.5) is 10.7 Å². The first-order valence-corrected chi connectivity index (χ1v) is 10.2. The van der Waals surface area contributed by atoms with Crippen molar-refractivity contribution < 1.29 is 14.3 Å². The Kier molecular flexibility index (Phi) is 4.60. The fourth-order valence-electron chi connectivity index (χ4n) is 3.66. The third-order valence-electron chi connectivity index (χ3n) is 5.32. The van der Waals surface area contributed by atoms with Crippen LogP contribution in [0.15, 0.2) is 18.2 Å². The maximum Gasteiger partial charge on any atom is 0.278 e. The van der Waals surface area contributed by atoms with E-state index in [1.54, 1.807) is 12.1 Å². The standard InChI is InChI=1S/C21H21N3O3S/c1-12-8-9-16-15(10-12)23-19(25)21(2,27-16)20(26)24-18-14(11-22)13-6-4-3-5-7-17(13)28-18/h8-10H,3-7H2,1-2H3,(H,23,25)(H,24,26). The molecule has 7 heteroatoms. The Labute approximate surface area is 167 Å². The van der Waals surface area contributed by atoms with E-state index in [2.05, 4.69) is 16.7 Å². The summed E-state index contributed by atoms with van der Waals surface area (Å²) in [7, 11) is 0. The molecule has 0 saturated carbocycles. The van der Waals surface area contributed by atoms with Crippen molar-refractivity contribution in [3.8, 4) is 11.8 Å². The number of fused-ring (bicyclic) bond motifs is 2. The van der Waals surface area contributed by atoms with Crippen molar-refractivity contribution in [3.05, 3.63) is 39.8 Å². The third-order valence-corrected chi connectivity index (χ3v) is 6.53. The Morgan fingerprint density at radius 3 is 2.89 bits per heavy atom. The Bertz CT molecular complexity index is 1020. The molecule has 1 aromatic heterocycles. The highest BCUT2D eigenvalue weighted by Crippen LogP contribution is 2.39. The van der Waals surface area contributed by atoms with Crippen molar-refractivity contribution in [1.82, 2.24) is 0 Å². The van der Waals surface area contributed by atoms with Crippen LogP contribution in [-0.2, 0) is 22.4 Å². The Hall–Kier alpha value is -2.85. The second-order valence-electron chi connectivity index (χ2n) is 7.42. The average molecular weight is 395 g/mol. The smallest absolute Gasteiger partial charge is 0.278 e. The molecule has 1 unspecified atom stereocenters. The first-order chi connectivity index (χ1) is 13.4. The number of thiophene rings is 1. The van der Waals surface area contributed by atoms with Crippen LogP contribution in [0, 0.1) is 18.3 Å². The van der Waals surface area contributed by atoms with Crippen molar-refractivity contribution in [2.75, 3.05) is 10.6 Å². The number of benzene rings is 1. The molecule has 0 bridgehead atoms. The normalized spacial score (nSPS) is 20.7. The maximum absolute atomic E-state index is 13.0. The minimum atomic E-state index is -1.71. The van der Waals surface area contributed by atoms with Crippen molar-refractivity contribution in [3.63, 3.8) is 0 Å². The van der Waals surface area contributed by atoms with Gasteiger partial charge in [0.05, 0.1) is 11.3 Å². The van der Waals surface area contributed by atoms with Gasteiger partial charge in [0.2, 0.25) is 0 Å². The summed E-state index contributed by atoms with van der Waals surface area (Å²) in [6.45, 7) is 3.36. The van der Waals surface area contributed by atoms with E-state index >= 15 is 0 Å². The van der Waals surface area contributed by atoms with Crippen LogP contribution in [-0.4, -0.2) is 17.4 Å². The predicted octanol–water partition coefficient (Wildman–Crippen LogP) is 3.93. The second-order valence-corrected chi connectivity index (χ2v) is 8.53. The third kappa shape index (κ3) is 3.04. The monoisotopic (exact) mass is 395 g/mol. The number of carbonyl (C=O) groups excluding carboxylic acids is 2. The van der Waals surface area contributed by atoms with Crippen LogP contribution in [0.1, 0.15) is 47.8 Å². The Morgan fingerprint density at radius 1 is 1.32 bits per heavy atom. The molecule has 2 aliphatic rings. The van der Waals surface area contributed by atoms with Gasteiger partial charge < -0.3 is 15.4 Å². The second kappa shape index (κ2) is 6.95. The lowest BCUT2D eigenvalue weighted by molar-refractivity contribution is -0.143. The highest BCUT2D eigenvalue weighted by molar-refractivity contribution is 7.16. The van der Waals surface area contributed by atoms with Crippen LogP contribution >= 0.6 is 11.3 Å². The van der Waals surface area contributed by atoms with Gasteiger partial charge in [-0.15, -0.1) is 11.3 Å². The van der Waals surface area contributed by atoms with Gasteiger partial charge in [0, 0.05) is 4.88 Å². The molecule has 0 fully saturated rings. The van der Waals surface area contributed by atoms with Gasteiger partial charge in [0.25, 0.3) is 17.4 Å². The summed E-state index contributed by atoms with van der Waals surface area (Å²) in [6, 6.07) is 7.64. The minimum absolute atomic E-state index is 0.449. The minimum Gasteiger partial charge on any atom is -0.466 e. The fourth-order valence-corrected chi connectivity index (χ4v) is 4.89. The number of nitriles is 1. The molecule has 1 aliphatic heterocycles. The van der Waals surface area contributed by atoms with Gasteiger partial charge in [-0.1, -0.05) is 12.5 Å². The van der Waals surface area contributed by atoms with Crippen LogP contribution in [0.25, 0.3) is 0 Å². The number of rotatable bonds is 2. The number of carbonyl (C=O) groups is 2. The van der Waals surface area contributed by atoms with Gasteiger partial charge >= 0.3 is 0 Å². The first-order valence-electron chi connectivity index (χ1n) is 9.39. The summed E-state index contributed by atoms with van der Waals surface area (Å²) in [5.41, 5.74) is 1.38. The summed E-state index contributed by atoms with van der Waals surface area (Å²) in [5.74, 6) is -0.658. The Balaban J connectivity index is 1.63. The van der Waals surface area contributed by atoms with Crippen LogP contribution in [0.5, 0.6) is 5.75 Å². The van der Waals surface area contributed by atoms with E-state index in [0.717, 1.165) is 48.1 Å². The molecule has 1 aromatic carbocycles. The van der Waals surface area contributed by atoms with Crippen molar-refractivity contribution in [2.24, 2.45) is 0 Å². The zero-order valence-electron chi connectivity index (χ0n) is 15.8. The molecule has 1 aliphatic carbocycles. The van der Waals surface area contributed by atoms with E-state index in [4.69, 9.17) is 4.74 Å². The molecule has 0 spiro atoms. The van der Waals surface area contributed by atoms with Crippen molar-refractivity contribution >= 4 is 33.8 Å². The largest absolute Gasteiger partial charge is 0.466 e. The van der Waals surface area contributed by atoms with Gasteiger partial charge in [-0.05, 0) is 62.8 Å². The molecular formula is C21H21N3O3S. The summed E-state index contributed by atoms with van der Waals surface area (Å²) < 4.78 is 5.81. The SMILES string of the molecule is Cc1ccc2c(c1)NC(=O)C(C)(C(=O)Nc1sc3c(c1C#N)CCCCC3)O2. The quantitative estimate of drug-likeness (QED) is 0.595. The molecule has 4 rings (SSSR count). The van der Waals surface area contributed by atoms with E-state index in [9.17, 15) is 14.9 Å². The number of aryl methyl sites for hydroxylation is 2. The van der Waals surface area contributed by atoms with Crippen molar-refractivity contribution in [2.45, 2.75) is 51.6 Å². The molecule has 2 N–H and O–H groups in total.